The lowest BCUT2D eigenvalue weighted by Gasteiger charge is -2.18. The summed E-state index contributed by atoms with van der Waals surface area (Å²) in [6.07, 6.45) is 0.719. The van der Waals surface area contributed by atoms with Crippen LogP contribution in [0, 0.1) is 5.92 Å². The standard InChI is InChI=1S/C8H16F2O/c1-4-7(2)5-8(9,10)6-11-3/h7H,4-6H2,1-3H3. The topological polar surface area (TPSA) is 9.23 Å². The van der Waals surface area contributed by atoms with E-state index in [1.807, 2.05) is 13.8 Å². The molecule has 0 radical (unpaired) electrons. The van der Waals surface area contributed by atoms with Crippen molar-refractivity contribution in [2.75, 3.05) is 13.7 Å². The van der Waals surface area contributed by atoms with Crippen molar-refractivity contribution < 1.29 is 13.5 Å². The molecule has 1 unspecified atom stereocenters. The SMILES string of the molecule is CCC(C)CC(F)(F)COC. The maximum atomic E-state index is 12.7. The Hall–Kier alpha value is -0.180. The highest BCUT2D eigenvalue weighted by Crippen LogP contribution is 2.24. The molecule has 11 heavy (non-hydrogen) atoms. The Kier molecular flexibility index (Phi) is 4.57. The lowest BCUT2D eigenvalue weighted by atomic mass is 10.0. The molecule has 0 fully saturated rings. The fraction of sp³-hybridized carbons (Fsp3) is 1.00. The number of alkyl halides is 2. The molecule has 0 spiro atoms. The largest absolute Gasteiger partial charge is 0.378 e. The van der Waals surface area contributed by atoms with E-state index >= 15 is 0 Å². The number of ether oxygens (including phenoxy) is 1. The number of hydrogen-bond acceptors (Lipinski definition) is 1. The van der Waals surface area contributed by atoms with Gasteiger partial charge in [-0.3, -0.25) is 0 Å². The predicted molar refractivity (Wildman–Crippen MR) is 40.9 cm³/mol. The van der Waals surface area contributed by atoms with Gasteiger partial charge in [-0.05, 0) is 5.92 Å². The van der Waals surface area contributed by atoms with Gasteiger partial charge in [0.15, 0.2) is 0 Å². The Bertz CT molecular complexity index is 104. The molecule has 0 aromatic rings. The van der Waals surface area contributed by atoms with E-state index in [0.29, 0.717) is 0 Å². The average molecular weight is 166 g/mol. The van der Waals surface area contributed by atoms with Crippen molar-refractivity contribution >= 4 is 0 Å². The maximum absolute atomic E-state index is 12.7. The van der Waals surface area contributed by atoms with Gasteiger partial charge >= 0.3 is 0 Å². The minimum Gasteiger partial charge on any atom is -0.378 e. The minimum absolute atomic E-state index is 0.0696. The normalized spacial score (nSPS) is 15.0. The highest BCUT2D eigenvalue weighted by molar-refractivity contribution is 4.68. The molecule has 0 amide bonds. The summed E-state index contributed by atoms with van der Waals surface area (Å²) < 4.78 is 29.9. The molecule has 0 saturated heterocycles. The highest BCUT2D eigenvalue weighted by atomic mass is 19.3. The molecule has 0 heterocycles. The van der Waals surface area contributed by atoms with E-state index in [2.05, 4.69) is 4.74 Å². The Morgan fingerprint density at radius 3 is 2.36 bits per heavy atom. The van der Waals surface area contributed by atoms with Gasteiger partial charge in [-0.25, -0.2) is 8.78 Å². The van der Waals surface area contributed by atoms with E-state index in [0.717, 1.165) is 6.42 Å². The van der Waals surface area contributed by atoms with Crippen LogP contribution in [-0.4, -0.2) is 19.6 Å². The molecule has 0 bridgehead atoms. The molecule has 1 atom stereocenters. The van der Waals surface area contributed by atoms with Crippen LogP contribution in [0.25, 0.3) is 0 Å². The van der Waals surface area contributed by atoms with E-state index in [1.165, 1.54) is 7.11 Å². The number of methoxy groups -OCH3 is 1. The van der Waals surface area contributed by atoms with E-state index < -0.39 is 12.5 Å². The molecular weight excluding hydrogens is 150 g/mol. The molecule has 0 saturated carbocycles. The molecule has 0 aromatic carbocycles. The quantitative estimate of drug-likeness (QED) is 0.610. The first kappa shape index (κ1) is 10.8. The van der Waals surface area contributed by atoms with Gasteiger partial charge in [-0.2, -0.15) is 0 Å². The zero-order valence-electron chi connectivity index (χ0n) is 7.36. The molecule has 68 valence electrons. The van der Waals surface area contributed by atoms with Gasteiger partial charge in [0.1, 0.15) is 6.61 Å². The summed E-state index contributed by atoms with van der Waals surface area (Å²) in [5.41, 5.74) is 0. The van der Waals surface area contributed by atoms with Gasteiger partial charge in [-0.15, -0.1) is 0 Å². The van der Waals surface area contributed by atoms with Crippen LogP contribution in [0.4, 0.5) is 8.78 Å². The van der Waals surface area contributed by atoms with E-state index in [1.54, 1.807) is 0 Å². The van der Waals surface area contributed by atoms with Crippen LogP contribution in [0.2, 0.25) is 0 Å². The number of rotatable bonds is 5. The van der Waals surface area contributed by atoms with Gasteiger partial charge in [0, 0.05) is 13.5 Å². The van der Waals surface area contributed by atoms with Crippen molar-refractivity contribution in [3.63, 3.8) is 0 Å². The number of hydrogen-bond donors (Lipinski definition) is 0. The molecule has 0 aliphatic carbocycles. The summed E-state index contributed by atoms with van der Waals surface area (Å²) >= 11 is 0. The van der Waals surface area contributed by atoms with Crippen LogP contribution in [0.3, 0.4) is 0 Å². The van der Waals surface area contributed by atoms with Gasteiger partial charge in [0.05, 0.1) is 0 Å². The fourth-order valence-electron chi connectivity index (χ4n) is 0.924. The summed E-state index contributed by atoms with van der Waals surface area (Å²) in [4.78, 5) is 0. The number of halogens is 2. The third-order valence-corrected chi connectivity index (χ3v) is 1.70. The van der Waals surface area contributed by atoms with Crippen molar-refractivity contribution in [3.8, 4) is 0 Å². The van der Waals surface area contributed by atoms with Gasteiger partial charge in [0.25, 0.3) is 5.92 Å². The smallest absolute Gasteiger partial charge is 0.271 e. The summed E-state index contributed by atoms with van der Waals surface area (Å²) in [5, 5.41) is 0. The molecule has 1 nitrogen and oxygen atoms in total. The van der Waals surface area contributed by atoms with Crippen molar-refractivity contribution in [3.05, 3.63) is 0 Å². The lowest BCUT2D eigenvalue weighted by Crippen LogP contribution is -2.25. The molecule has 0 N–H and O–H groups in total. The second-order valence-corrected chi connectivity index (χ2v) is 3.01. The Morgan fingerprint density at radius 1 is 1.45 bits per heavy atom. The second-order valence-electron chi connectivity index (χ2n) is 3.01. The van der Waals surface area contributed by atoms with Crippen LogP contribution in [-0.2, 0) is 4.74 Å². The van der Waals surface area contributed by atoms with E-state index in [4.69, 9.17) is 0 Å². The zero-order valence-corrected chi connectivity index (χ0v) is 7.36. The van der Waals surface area contributed by atoms with Crippen molar-refractivity contribution in [2.45, 2.75) is 32.6 Å². The van der Waals surface area contributed by atoms with Crippen LogP contribution < -0.4 is 0 Å². The minimum atomic E-state index is -2.65. The Morgan fingerprint density at radius 2 is 2.00 bits per heavy atom. The Labute approximate surface area is 66.7 Å². The van der Waals surface area contributed by atoms with Gasteiger partial charge in [0.2, 0.25) is 0 Å². The molecule has 3 heteroatoms. The lowest BCUT2D eigenvalue weighted by molar-refractivity contribution is -0.0789. The maximum Gasteiger partial charge on any atom is 0.271 e. The van der Waals surface area contributed by atoms with E-state index in [-0.39, 0.29) is 12.3 Å². The van der Waals surface area contributed by atoms with Crippen LogP contribution in [0.5, 0.6) is 0 Å². The highest BCUT2D eigenvalue weighted by Gasteiger charge is 2.30. The predicted octanol–water partition coefficient (Wildman–Crippen LogP) is 2.70. The average Bonchev–Trinajstić information content (AvgIpc) is 1.86. The molecule has 0 aliphatic rings. The zero-order chi connectivity index (χ0) is 8.91. The Balaban J connectivity index is 3.70. The fourth-order valence-corrected chi connectivity index (χ4v) is 0.924. The third kappa shape index (κ3) is 5.13. The summed E-state index contributed by atoms with van der Waals surface area (Å²) in [5.74, 6) is -2.58. The van der Waals surface area contributed by atoms with Crippen LogP contribution in [0.15, 0.2) is 0 Å². The molecule has 0 aliphatic heterocycles. The monoisotopic (exact) mass is 166 g/mol. The first-order valence-electron chi connectivity index (χ1n) is 3.88. The van der Waals surface area contributed by atoms with Crippen LogP contribution in [0.1, 0.15) is 26.7 Å². The third-order valence-electron chi connectivity index (χ3n) is 1.70. The molecule has 0 rings (SSSR count). The van der Waals surface area contributed by atoms with Gasteiger partial charge in [-0.1, -0.05) is 20.3 Å². The summed E-state index contributed by atoms with van der Waals surface area (Å²) in [7, 11) is 1.30. The molecule has 0 aromatic heterocycles. The summed E-state index contributed by atoms with van der Waals surface area (Å²) in [6.45, 7) is 3.27. The van der Waals surface area contributed by atoms with Crippen molar-refractivity contribution in [2.24, 2.45) is 5.92 Å². The second kappa shape index (κ2) is 4.65. The first-order chi connectivity index (χ1) is 5.02. The first-order valence-corrected chi connectivity index (χ1v) is 3.88. The summed E-state index contributed by atoms with van der Waals surface area (Å²) in [6, 6.07) is 0. The van der Waals surface area contributed by atoms with Gasteiger partial charge < -0.3 is 4.74 Å². The molecular formula is C8H16F2O. The van der Waals surface area contributed by atoms with Crippen LogP contribution >= 0.6 is 0 Å². The van der Waals surface area contributed by atoms with E-state index in [9.17, 15) is 8.78 Å². The van der Waals surface area contributed by atoms with Crippen molar-refractivity contribution in [1.29, 1.82) is 0 Å². The van der Waals surface area contributed by atoms with Crippen molar-refractivity contribution in [1.82, 2.24) is 0 Å².